The molecule has 2 rings (SSSR count). The summed E-state index contributed by atoms with van der Waals surface area (Å²) in [5.74, 6) is 0.654. The molecule has 0 spiro atoms. The summed E-state index contributed by atoms with van der Waals surface area (Å²) in [4.78, 5) is 0. The van der Waals surface area contributed by atoms with Crippen LogP contribution in [0.25, 0.3) is 0 Å². The number of hydrogen-bond acceptors (Lipinski definition) is 0. The molecule has 0 saturated carbocycles. The Balaban J connectivity index is 2.05. The first-order valence-electron chi connectivity index (χ1n) is 6.54. The van der Waals surface area contributed by atoms with E-state index in [0.717, 1.165) is 18.2 Å². The van der Waals surface area contributed by atoms with Crippen molar-refractivity contribution in [1.82, 2.24) is 0 Å². The van der Waals surface area contributed by atoms with Gasteiger partial charge in [-0.05, 0) is 77.1 Å². The Morgan fingerprint density at radius 3 is 2.32 bits per heavy atom. The minimum Gasteiger partial charge on any atom is -0.0925 e. The minimum absolute atomic E-state index is 0.654. The molecule has 0 fully saturated rings. The first kappa shape index (κ1) is 15.0. The molecule has 0 radical (unpaired) electrons. The third-order valence-electron chi connectivity index (χ3n) is 3.43. The van der Waals surface area contributed by atoms with E-state index < -0.39 is 0 Å². The monoisotopic (exact) mass is 428 g/mol. The molecule has 0 aromatic heterocycles. The molecule has 2 aromatic carbocycles. The van der Waals surface area contributed by atoms with Gasteiger partial charge in [-0.3, -0.25) is 0 Å². The molecular weight excluding hydrogens is 411 g/mol. The number of alkyl halides is 1. The second-order valence-electron chi connectivity index (χ2n) is 4.98. The molecular formula is C17H18BrI. The molecule has 0 amide bonds. The van der Waals surface area contributed by atoms with Crippen LogP contribution in [0.5, 0.6) is 0 Å². The Morgan fingerprint density at radius 1 is 1.00 bits per heavy atom. The molecule has 0 heterocycles. The lowest BCUT2D eigenvalue weighted by atomic mass is 9.92. The maximum Gasteiger partial charge on any atom is 0.0130 e. The molecule has 19 heavy (non-hydrogen) atoms. The van der Waals surface area contributed by atoms with Crippen LogP contribution in [0.3, 0.4) is 0 Å². The number of halogens is 2. The van der Waals surface area contributed by atoms with Crippen molar-refractivity contribution in [3.8, 4) is 0 Å². The van der Waals surface area contributed by atoms with Gasteiger partial charge in [0, 0.05) is 8.90 Å². The van der Waals surface area contributed by atoms with Crippen LogP contribution in [0.2, 0.25) is 0 Å². The second-order valence-corrected chi connectivity index (χ2v) is 6.87. The van der Waals surface area contributed by atoms with Crippen LogP contribution in [0.4, 0.5) is 0 Å². The van der Waals surface area contributed by atoms with Crippen molar-refractivity contribution >= 4 is 38.5 Å². The van der Waals surface area contributed by atoms with E-state index in [4.69, 9.17) is 0 Å². The van der Waals surface area contributed by atoms with Gasteiger partial charge in [-0.25, -0.2) is 0 Å². The quantitative estimate of drug-likeness (QED) is 0.442. The van der Waals surface area contributed by atoms with Crippen LogP contribution in [-0.2, 0) is 12.8 Å². The third kappa shape index (κ3) is 4.60. The number of rotatable bonds is 5. The van der Waals surface area contributed by atoms with Crippen LogP contribution in [0.1, 0.15) is 16.7 Å². The van der Waals surface area contributed by atoms with E-state index in [2.05, 4.69) is 94.0 Å². The summed E-state index contributed by atoms with van der Waals surface area (Å²) < 4.78 is 1.30. The lowest BCUT2D eigenvalue weighted by Crippen LogP contribution is -2.10. The van der Waals surface area contributed by atoms with Crippen LogP contribution >= 0.6 is 38.5 Å². The lowest BCUT2D eigenvalue weighted by Gasteiger charge is -2.16. The molecule has 0 aliphatic rings. The van der Waals surface area contributed by atoms with Crippen LogP contribution in [0.15, 0.2) is 48.5 Å². The fourth-order valence-corrected chi connectivity index (χ4v) is 3.10. The van der Waals surface area contributed by atoms with Crippen molar-refractivity contribution in [2.24, 2.45) is 5.92 Å². The lowest BCUT2D eigenvalue weighted by molar-refractivity contribution is 0.589. The topological polar surface area (TPSA) is 0 Å². The highest BCUT2D eigenvalue weighted by molar-refractivity contribution is 14.1. The van der Waals surface area contributed by atoms with E-state index in [1.54, 1.807) is 0 Å². The molecule has 0 saturated heterocycles. The molecule has 1 atom stereocenters. The average Bonchev–Trinajstić information content (AvgIpc) is 2.43. The van der Waals surface area contributed by atoms with Gasteiger partial charge in [0.1, 0.15) is 0 Å². The third-order valence-corrected chi connectivity index (χ3v) is 5.06. The normalized spacial score (nSPS) is 12.4. The molecule has 0 aliphatic carbocycles. The fourth-order valence-electron chi connectivity index (χ4n) is 2.29. The van der Waals surface area contributed by atoms with Crippen LogP contribution in [-0.4, -0.2) is 5.33 Å². The van der Waals surface area contributed by atoms with Gasteiger partial charge in [0.25, 0.3) is 0 Å². The smallest absolute Gasteiger partial charge is 0.0130 e. The second kappa shape index (κ2) is 7.44. The predicted molar refractivity (Wildman–Crippen MR) is 95.0 cm³/mol. The summed E-state index contributed by atoms with van der Waals surface area (Å²) in [7, 11) is 0. The summed E-state index contributed by atoms with van der Waals surface area (Å²) in [6, 6.07) is 17.6. The van der Waals surface area contributed by atoms with Crippen molar-refractivity contribution < 1.29 is 0 Å². The highest BCUT2D eigenvalue weighted by Crippen LogP contribution is 2.19. The first-order chi connectivity index (χ1) is 9.19. The fraction of sp³-hybridized carbons (Fsp3) is 0.294. The van der Waals surface area contributed by atoms with Crippen molar-refractivity contribution in [2.45, 2.75) is 19.8 Å². The highest BCUT2D eigenvalue weighted by Gasteiger charge is 2.10. The van der Waals surface area contributed by atoms with Crippen molar-refractivity contribution in [1.29, 1.82) is 0 Å². The molecule has 2 heteroatoms. The first-order valence-corrected chi connectivity index (χ1v) is 8.74. The van der Waals surface area contributed by atoms with Gasteiger partial charge < -0.3 is 0 Å². The molecule has 0 N–H and O–H groups in total. The zero-order valence-corrected chi connectivity index (χ0v) is 14.8. The zero-order valence-electron chi connectivity index (χ0n) is 11.1. The maximum absolute atomic E-state index is 3.67. The molecule has 0 bridgehead atoms. The van der Waals surface area contributed by atoms with Gasteiger partial charge in [0.15, 0.2) is 0 Å². The Hall–Kier alpha value is -0.350. The Labute approximate surface area is 137 Å². The molecule has 0 aliphatic heterocycles. The van der Waals surface area contributed by atoms with E-state index in [-0.39, 0.29) is 0 Å². The van der Waals surface area contributed by atoms with Gasteiger partial charge in [-0.15, -0.1) is 0 Å². The van der Waals surface area contributed by atoms with Crippen LogP contribution < -0.4 is 0 Å². The number of benzene rings is 2. The molecule has 2 aromatic rings. The largest absolute Gasteiger partial charge is 0.0925 e. The minimum atomic E-state index is 0.654. The summed E-state index contributed by atoms with van der Waals surface area (Å²) in [5.41, 5.74) is 4.30. The van der Waals surface area contributed by atoms with Crippen molar-refractivity contribution in [3.05, 3.63) is 68.8 Å². The molecule has 1 unspecified atom stereocenters. The predicted octanol–water partition coefficient (Wildman–Crippen LogP) is 5.40. The van der Waals surface area contributed by atoms with E-state index in [1.165, 1.54) is 20.3 Å². The summed E-state index contributed by atoms with van der Waals surface area (Å²) in [6.45, 7) is 2.20. The summed E-state index contributed by atoms with van der Waals surface area (Å²) >= 11 is 6.02. The number of hydrogen-bond donors (Lipinski definition) is 0. The van der Waals surface area contributed by atoms with Crippen LogP contribution in [0, 0.1) is 16.4 Å². The Bertz CT molecular complexity index is 519. The summed E-state index contributed by atoms with van der Waals surface area (Å²) in [6.07, 6.45) is 2.28. The molecule has 100 valence electrons. The van der Waals surface area contributed by atoms with Gasteiger partial charge in [-0.1, -0.05) is 52.3 Å². The Kier molecular flexibility index (Phi) is 5.89. The molecule has 0 nitrogen and oxygen atoms in total. The highest BCUT2D eigenvalue weighted by atomic mass is 127. The number of aryl methyl sites for hydroxylation is 1. The van der Waals surface area contributed by atoms with E-state index >= 15 is 0 Å². The van der Waals surface area contributed by atoms with E-state index in [9.17, 15) is 0 Å². The summed E-state index contributed by atoms with van der Waals surface area (Å²) in [5, 5.41) is 1.05. The van der Waals surface area contributed by atoms with Gasteiger partial charge in [0.05, 0.1) is 0 Å². The Morgan fingerprint density at radius 2 is 1.68 bits per heavy atom. The van der Waals surface area contributed by atoms with E-state index in [1.807, 2.05) is 0 Å². The average molecular weight is 429 g/mol. The van der Waals surface area contributed by atoms with E-state index in [0.29, 0.717) is 5.92 Å². The SMILES string of the molecule is Cc1ccccc1CC(CBr)Cc1ccc(I)cc1. The van der Waals surface area contributed by atoms with Gasteiger partial charge in [0.2, 0.25) is 0 Å². The maximum atomic E-state index is 3.67. The standard InChI is InChI=1S/C17H18BrI/c1-13-4-2-3-5-16(13)11-15(12-18)10-14-6-8-17(19)9-7-14/h2-9,15H,10-12H2,1H3. The van der Waals surface area contributed by atoms with Gasteiger partial charge in [-0.2, -0.15) is 0 Å². The zero-order chi connectivity index (χ0) is 13.7. The van der Waals surface area contributed by atoms with Gasteiger partial charge >= 0.3 is 0 Å². The van der Waals surface area contributed by atoms with Crippen molar-refractivity contribution in [2.75, 3.05) is 5.33 Å². The van der Waals surface area contributed by atoms with Crippen molar-refractivity contribution in [3.63, 3.8) is 0 Å².